The number of likely N-dealkylation sites (N-methyl/N-ethyl adjacent to an activating group) is 1. The van der Waals surface area contributed by atoms with E-state index in [-0.39, 0.29) is 11.9 Å². The summed E-state index contributed by atoms with van der Waals surface area (Å²) in [6.45, 7) is 4.16. The number of hydrogen-bond donors (Lipinski definition) is 1. The topological polar surface area (TPSA) is 78.0 Å². The summed E-state index contributed by atoms with van der Waals surface area (Å²) < 4.78 is 3.91. The number of aromatic amines is 1. The molecule has 8 heteroatoms. The van der Waals surface area contributed by atoms with E-state index < -0.39 is 0 Å². The fourth-order valence-corrected chi connectivity index (χ4v) is 3.28. The Morgan fingerprint density at radius 2 is 2.38 bits per heavy atom. The van der Waals surface area contributed by atoms with Crippen molar-refractivity contribution in [1.29, 1.82) is 0 Å². The lowest BCUT2D eigenvalue weighted by Gasteiger charge is -2.38. The van der Waals surface area contributed by atoms with Crippen molar-refractivity contribution in [3.8, 4) is 0 Å². The lowest BCUT2D eigenvalue weighted by molar-refractivity contribution is 0.0538. The van der Waals surface area contributed by atoms with E-state index in [1.165, 1.54) is 11.5 Å². The maximum absolute atomic E-state index is 12.7. The van der Waals surface area contributed by atoms with Gasteiger partial charge in [0.1, 0.15) is 10.7 Å². The summed E-state index contributed by atoms with van der Waals surface area (Å²) in [6, 6.07) is 0.101. The normalized spacial score (nSPS) is 19.9. The van der Waals surface area contributed by atoms with Crippen LogP contribution in [0.4, 0.5) is 0 Å². The van der Waals surface area contributed by atoms with Gasteiger partial charge in [-0.2, -0.15) is 0 Å². The molecule has 1 N–H and O–H groups in total. The summed E-state index contributed by atoms with van der Waals surface area (Å²) in [5, 5.41) is 4.03. The molecule has 2 aromatic heterocycles. The number of hydrogen-bond acceptors (Lipinski definition) is 6. The SMILES string of the molecule is CCc1nnsc1C(=O)N1CCN(C)[C@@H](c2ncc[nH]2)C1. The average Bonchev–Trinajstić information content (AvgIpc) is 3.18. The Labute approximate surface area is 127 Å². The number of nitrogens with zero attached hydrogens (tertiary/aromatic N) is 5. The van der Waals surface area contributed by atoms with E-state index in [0.29, 0.717) is 18.0 Å². The smallest absolute Gasteiger partial charge is 0.267 e. The molecule has 3 heterocycles. The van der Waals surface area contributed by atoms with E-state index in [4.69, 9.17) is 0 Å². The minimum absolute atomic E-state index is 0.0338. The summed E-state index contributed by atoms with van der Waals surface area (Å²) in [7, 11) is 2.06. The summed E-state index contributed by atoms with van der Waals surface area (Å²) in [5.74, 6) is 0.930. The monoisotopic (exact) mass is 306 g/mol. The zero-order valence-corrected chi connectivity index (χ0v) is 12.9. The molecule has 1 fully saturated rings. The highest BCUT2D eigenvalue weighted by molar-refractivity contribution is 7.08. The second-order valence-corrected chi connectivity index (χ2v) is 5.88. The first-order valence-corrected chi connectivity index (χ1v) is 7.78. The molecular weight excluding hydrogens is 288 g/mol. The zero-order chi connectivity index (χ0) is 14.8. The molecule has 1 aliphatic rings. The maximum Gasteiger partial charge on any atom is 0.267 e. The van der Waals surface area contributed by atoms with Crippen molar-refractivity contribution >= 4 is 17.4 Å². The van der Waals surface area contributed by atoms with E-state index in [1.54, 1.807) is 6.20 Å². The Morgan fingerprint density at radius 3 is 3.10 bits per heavy atom. The molecule has 1 aliphatic heterocycles. The van der Waals surface area contributed by atoms with Crippen LogP contribution in [0.25, 0.3) is 0 Å². The van der Waals surface area contributed by atoms with Gasteiger partial charge >= 0.3 is 0 Å². The molecule has 112 valence electrons. The number of piperazine rings is 1. The van der Waals surface area contributed by atoms with Gasteiger partial charge in [-0.3, -0.25) is 9.69 Å². The highest BCUT2D eigenvalue weighted by Gasteiger charge is 2.31. The number of H-pyrrole nitrogens is 1. The van der Waals surface area contributed by atoms with Gasteiger partial charge < -0.3 is 9.88 Å². The molecule has 1 saturated heterocycles. The number of imidazole rings is 1. The van der Waals surface area contributed by atoms with Crippen LogP contribution in [-0.2, 0) is 6.42 Å². The van der Waals surface area contributed by atoms with Crippen LogP contribution in [0.15, 0.2) is 12.4 Å². The molecule has 1 amide bonds. The van der Waals surface area contributed by atoms with Crippen LogP contribution in [0.5, 0.6) is 0 Å². The Kier molecular flexibility index (Phi) is 3.98. The van der Waals surface area contributed by atoms with Gasteiger partial charge in [-0.1, -0.05) is 11.4 Å². The molecule has 0 unspecified atom stereocenters. The second-order valence-electron chi connectivity index (χ2n) is 5.12. The number of nitrogens with one attached hydrogen (secondary N) is 1. The Balaban J connectivity index is 1.79. The molecule has 21 heavy (non-hydrogen) atoms. The predicted octanol–water partition coefficient (Wildman–Crippen LogP) is 0.952. The fourth-order valence-electron chi connectivity index (χ4n) is 2.56. The Bertz CT molecular complexity index is 610. The maximum atomic E-state index is 12.7. The van der Waals surface area contributed by atoms with Crippen LogP contribution in [-0.4, -0.2) is 61.9 Å². The minimum atomic E-state index is 0.0338. The van der Waals surface area contributed by atoms with Gasteiger partial charge in [0.05, 0.1) is 11.7 Å². The Hall–Kier alpha value is -1.80. The van der Waals surface area contributed by atoms with Crippen LogP contribution in [0.1, 0.15) is 34.2 Å². The zero-order valence-electron chi connectivity index (χ0n) is 12.1. The molecule has 0 spiro atoms. The van der Waals surface area contributed by atoms with E-state index in [9.17, 15) is 4.79 Å². The molecular formula is C13H18N6OS. The standard InChI is InChI=1S/C13H18N6OS/c1-3-9-11(21-17-16-9)13(20)19-7-6-18(2)10(8-19)12-14-4-5-15-12/h4-5,10H,3,6-8H2,1-2H3,(H,14,15)/t10-/m1/s1. The lowest BCUT2D eigenvalue weighted by Crippen LogP contribution is -2.49. The van der Waals surface area contributed by atoms with Crippen molar-refractivity contribution in [2.24, 2.45) is 0 Å². The van der Waals surface area contributed by atoms with Crippen LogP contribution in [0.3, 0.4) is 0 Å². The quantitative estimate of drug-likeness (QED) is 0.913. The molecule has 0 aliphatic carbocycles. The van der Waals surface area contributed by atoms with E-state index in [2.05, 4.69) is 31.5 Å². The highest BCUT2D eigenvalue weighted by atomic mass is 32.1. The molecule has 3 rings (SSSR count). The second kappa shape index (κ2) is 5.90. The summed E-state index contributed by atoms with van der Waals surface area (Å²) in [6.07, 6.45) is 4.28. The average molecular weight is 306 g/mol. The third-order valence-corrected chi connectivity index (χ3v) is 4.61. The third-order valence-electron chi connectivity index (χ3n) is 3.86. The molecule has 0 radical (unpaired) electrons. The van der Waals surface area contributed by atoms with Gasteiger partial charge in [0.2, 0.25) is 0 Å². The van der Waals surface area contributed by atoms with Gasteiger partial charge in [0.25, 0.3) is 5.91 Å². The summed E-state index contributed by atoms with van der Waals surface area (Å²) >= 11 is 1.19. The number of amides is 1. The third kappa shape index (κ3) is 2.68. The number of aromatic nitrogens is 4. The van der Waals surface area contributed by atoms with Crippen molar-refractivity contribution in [3.05, 3.63) is 28.8 Å². The Morgan fingerprint density at radius 1 is 1.52 bits per heavy atom. The molecule has 0 aromatic carbocycles. The predicted molar refractivity (Wildman–Crippen MR) is 79.1 cm³/mol. The first-order valence-electron chi connectivity index (χ1n) is 7.00. The summed E-state index contributed by atoms with van der Waals surface area (Å²) in [4.78, 5) is 24.9. The van der Waals surface area contributed by atoms with Crippen molar-refractivity contribution in [3.63, 3.8) is 0 Å². The van der Waals surface area contributed by atoms with Gasteiger partial charge in [0, 0.05) is 32.0 Å². The summed E-state index contributed by atoms with van der Waals surface area (Å²) in [5.41, 5.74) is 0.790. The first-order chi connectivity index (χ1) is 10.2. The fraction of sp³-hybridized carbons (Fsp3) is 0.538. The van der Waals surface area contributed by atoms with Crippen LogP contribution in [0.2, 0.25) is 0 Å². The van der Waals surface area contributed by atoms with Crippen molar-refractivity contribution < 1.29 is 4.79 Å². The number of carbonyl (C=O) groups excluding carboxylic acids is 1. The molecule has 2 aromatic rings. The number of carbonyl (C=O) groups is 1. The first kappa shape index (κ1) is 14.2. The lowest BCUT2D eigenvalue weighted by atomic mass is 10.1. The van der Waals surface area contributed by atoms with E-state index in [0.717, 1.165) is 24.5 Å². The van der Waals surface area contributed by atoms with Gasteiger partial charge in [0.15, 0.2) is 0 Å². The number of rotatable bonds is 3. The van der Waals surface area contributed by atoms with Crippen molar-refractivity contribution in [2.75, 3.05) is 26.7 Å². The van der Waals surface area contributed by atoms with Crippen molar-refractivity contribution in [2.45, 2.75) is 19.4 Å². The van der Waals surface area contributed by atoms with E-state index >= 15 is 0 Å². The number of aryl methyl sites for hydroxylation is 1. The van der Waals surface area contributed by atoms with Crippen molar-refractivity contribution in [1.82, 2.24) is 29.4 Å². The highest BCUT2D eigenvalue weighted by Crippen LogP contribution is 2.23. The van der Waals surface area contributed by atoms with Gasteiger partial charge in [-0.05, 0) is 25.0 Å². The molecule has 1 atom stereocenters. The van der Waals surface area contributed by atoms with Crippen LogP contribution < -0.4 is 0 Å². The molecule has 0 bridgehead atoms. The van der Waals surface area contributed by atoms with Crippen LogP contribution in [0, 0.1) is 0 Å². The minimum Gasteiger partial charge on any atom is -0.347 e. The van der Waals surface area contributed by atoms with E-state index in [1.807, 2.05) is 18.0 Å². The molecule has 0 saturated carbocycles. The largest absolute Gasteiger partial charge is 0.347 e. The van der Waals surface area contributed by atoms with Crippen LogP contribution >= 0.6 is 11.5 Å². The van der Waals surface area contributed by atoms with Gasteiger partial charge in [-0.25, -0.2) is 4.98 Å². The molecule has 7 nitrogen and oxygen atoms in total. The van der Waals surface area contributed by atoms with Gasteiger partial charge in [-0.15, -0.1) is 5.10 Å².